The van der Waals surface area contributed by atoms with Gasteiger partial charge >= 0.3 is 6.09 Å². The molecule has 1 aromatic rings. The van der Waals surface area contributed by atoms with E-state index >= 15 is 0 Å². The summed E-state index contributed by atoms with van der Waals surface area (Å²) in [7, 11) is 0. The third kappa shape index (κ3) is 4.35. The standard InChI is InChI=1S/C21H31NO3/c1-3-4-9-19(20(23)17-8-6-5-7-14(17)2)25-21(24)22-18-13-15-10-11-16(18)12-15/h5-8,15-16,18-20,23H,3-4,9-13H2,1-2H3,(H,22,24). The number of amides is 1. The number of ether oxygens (including phenoxy) is 1. The molecule has 2 saturated carbocycles. The molecule has 0 heterocycles. The van der Waals surface area contributed by atoms with E-state index in [9.17, 15) is 9.90 Å². The lowest BCUT2D eigenvalue weighted by Crippen LogP contribution is -2.41. The Bertz CT molecular complexity index is 588. The van der Waals surface area contributed by atoms with Gasteiger partial charge in [-0.2, -0.15) is 0 Å². The van der Waals surface area contributed by atoms with E-state index in [0.29, 0.717) is 12.3 Å². The number of rotatable bonds is 7. The molecular weight excluding hydrogens is 314 g/mol. The van der Waals surface area contributed by atoms with Gasteiger partial charge in [-0.1, -0.05) is 44.0 Å². The van der Waals surface area contributed by atoms with Crippen LogP contribution < -0.4 is 5.32 Å². The van der Waals surface area contributed by atoms with Gasteiger partial charge in [0.15, 0.2) is 0 Å². The summed E-state index contributed by atoms with van der Waals surface area (Å²) in [6, 6.07) is 8.02. The van der Waals surface area contributed by atoms with E-state index in [2.05, 4.69) is 12.2 Å². The lowest BCUT2D eigenvalue weighted by Gasteiger charge is -2.27. The molecule has 1 aromatic carbocycles. The van der Waals surface area contributed by atoms with Crippen molar-refractivity contribution in [3.05, 3.63) is 35.4 Å². The smallest absolute Gasteiger partial charge is 0.407 e. The Morgan fingerprint density at radius 2 is 2.12 bits per heavy atom. The van der Waals surface area contributed by atoms with Crippen LogP contribution in [0.4, 0.5) is 4.79 Å². The fraction of sp³-hybridized carbons (Fsp3) is 0.667. The number of alkyl carbamates (subject to hydrolysis) is 1. The highest BCUT2D eigenvalue weighted by Gasteiger charge is 2.40. The number of nitrogens with one attached hydrogen (secondary N) is 1. The monoisotopic (exact) mass is 345 g/mol. The molecule has 2 aliphatic carbocycles. The quantitative estimate of drug-likeness (QED) is 0.765. The minimum atomic E-state index is -0.779. The molecule has 2 N–H and O–H groups in total. The second kappa shape index (κ2) is 8.22. The summed E-state index contributed by atoms with van der Waals surface area (Å²) in [5.41, 5.74) is 1.87. The van der Waals surface area contributed by atoms with Gasteiger partial charge in [0, 0.05) is 6.04 Å². The lowest BCUT2D eigenvalue weighted by atomic mass is 9.95. The first-order valence-electron chi connectivity index (χ1n) is 9.79. The van der Waals surface area contributed by atoms with E-state index in [1.54, 1.807) is 0 Å². The van der Waals surface area contributed by atoms with E-state index in [4.69, 9.17) is 4.74 Å². The molecule has 0 aromatic heterocycles. The van der Waals surface area contributed by atoms with Crippen molar-refractivity contribution in [2.45, 2.75) is 77.0 Å². The minimum absolute atomic E-state index is 0.258. The Balaban J connectivity index is 1.61. The number of hydrogen-bond acceptors (Lipinski definition) is 3. The zero-order valence-electron chi connectivity index (χ0n) is 15.4. The maximum absolute atomic E-state index is 12.4. The number of carbonyl (C=O) groups excluding carboxylic acids is 1. The number of fused-ring (bicyclic) bond motifs is 2. The first kappa shape index (κ1) is 18.2. The number of hydrogen-bond donors (Lipinski definition) is 2. The summed E-state index contributed by atoms with van der Waals surface area (Å²) < 4.78 is 5.69. The van der Waals surface area contributed by atoms with Crippen LogP contribution in [0.1, 0.15) is 69.1 Å². The highest BCUT2D eigenvalue weighted by molar-refractivity contribution is 5.68. The van der Waals surface area contributed by atoms with Crippen LogP contribution in [0.5, 0.6) is 0 Å². The molecule has 0 spiro atoms. The van der Waals surface area contributed by atoms with Gasteiger partial charge in [0.05, 0.1) is 0 Å². The summed E-state index contributed by atoms with van der Waals surface area (Å²) in [5.74, 6) is 1.40. The highest BCUT2D eigenvalue weighted by Crippen LogP contribution is 2.44. The summed E-state index contributed by atoms with van der Waals surface area (Å²) in [6.45, 7) is 4.08. The summed E-state index contributed by atoms with van der Waals surface area (Å²) >= 11 is 0. The van der Waals surface area contributed by atoms with Gasteiger partial charge in [-0.05, 0) is 62.0 Å². The van der Waals surface area contributed by atoms with Crippen molar-refractivity contribution in [1.82, 2.24) is 5.32 Å². The van der Waals surface area contributed by atoms with Crippen molar-refractivity contribution in [3.63, 3.8) is 0 Å². The van der Waals surface area contributed by atoms with Crippen molar-refractivity contribution in [2.24, 2.45) is 11.8 Å². The van der Waals surface area contributed by atoms with E-state index in [-0.39, 0.29) is 12.1 Å². The molecule has 138 valence electrons. The third-order valence-electron chi connectivity index (χ3n) is 6.00. The number of benzene rings is 1. The molecule has 5 unspecified atom stereocenters. The maximum atomic E-state index is 12.4. The van der Waals surface area contributed by atoms with Gasteiger partial charge in [-0.15, -0.1) is 0 Å². The first-order valence-corrected chi connectivity index (χ1v) is 9.79. The summed E-state index contributed by atoms with van der Waals surface area (Å²) in [6.07, 6.45) is 5.82. The highest BCUT2D eigenvalue weighted by atomic mass is 16.6. The van der Waals surface area contributed by atoms with Crippen molar-refractivity contribution < 1.29 is 14.6 Å². The molecule has 1 amide bonds. The Kier molecular flexibility index (Phi) is 6.00. The molecule has 3 rings (SSSR count). The molecular formula is C21H31NO3. The van der Waals surface area contributed by atoms with Gasteiger partial charge in [0.2, 0.25) is 0 Å². The topological polar surface area (TPSA) is 58.6 Å². The van der Waals surface area contributed by atoms with Gasteiger partial charge in [-0.25, -0.2) is 4.79 Å². The first-order chi connectivity index (χ1) is 12.1. The average molecular weight is 345 g/mol. The molecule has 4 nitrogen and oxygen atoms in total. The number of aliphatic hydroxyl groups excluding tert-OH is 1. The molecule has 4 heteroatoms. The molecule has 25 heavy (non-hydrogen) atoms. The van der Waals surface area contributed by atoms with Gasteiger partial charge < -0.3 is 15.2 Å². The van der Waals surface area contributed by atoms with Gasteiger partial charge in [-0.3, -0.25) is 0 Å². The van der Waals surface area contributed by atoms with Crippen LogP contribution in [0.25, 0.3) is 0 Å². The Labute approximate surface area is 151 Å². The Morgan fingerprint density at radius 3 is 2.76 bits per heavy atom. The number of unbranched alkanes of at least 4 members (excludes halogenated alkanes) is 1. The predicted molar refractivity (Wildman–Crippen MR) is 98.3 cm³/mol. The third-order valence-corrected chi connectivity index (χ3v) is 6.00. The van der Waals surface area contributed by atoms with Crippen LogP contribution in [-0.4, -0.2) is 23.3 Å². The van der Waals surface area contributed by atoms with Crippen molar-refractivity contribution in [3.8, 4) is 0 Å². The predicted octanol–water partition coefficient (Wildman–Crippen LogP) is 4.50. The van der Waals surface area contributed by atoms with Crippen LogP contribution in [0, 0.1) is 18.8 Å². The molecule has 0 radical (unpaired) electrons. The summed E-state index contributed by atoms with van der Waals surface area (Å²) in [4.78, 5) is 12.4. The zero-order chi connectivity index (χ0) is 17.8. The molecule has 2 bridgehead atoms. The zero-order valence-corrected chi connectivity index (χ0v) is 15.4. The van der Waals surface area contributed by atoms with Crippen LogP contribution in [0.2, 0.25) is 0 Å². The molecule has 5 atom stereocenters. The Morgan fingerprint density at radius 1 is 1.32 bits per heavy atom. The van der Waals surface area contributed by atoms with Crippen molar-refractivity contribution in [1.29, 1.82) is 0 Å². The largest absolute Gasteiger partial charge is 0.443 e. The van der Waals surface area contributed by atoms with Crippen molar-refractivity contribution >= 4 is 6.09 Å². The minimum Gasteiger partial charge on any atom is -0.443 e. The summed E-state index contributed by atoms with van der Waals surface area (Å²) in [5, 5.41) is 13.9. The second-order valence-electron chi connectivity index (χ2n) is 7.81. The van der Waals surface area contributed by atoms with Crippen molar-refractivity contribution in [2.75, 3.05) is 0 Å². The molecule has 2 aliphatic rings. The SMILES string of the molecule is CCCCC(OC(=O)NC1CC2CCC1C2)C(O)c1ccccc1C. The normalized spacial score (nSPS) is 27.1. The van der Waals surface area contributed by atoms with Crippen LogP contribution in [0.15, 0.2) is 24.3 Å². The second-order valence-corrected chi connectivity index (χ2v) is 7.81. The van der Waals surface area contributed by atoms with Crippen LogP contribution in [0.3, 0.4) is 0 Å². The average Bonchev–Trinajstić information content (AvgIpc) is 3.21. The van der Waals surface area contributed by atoms with E-state index < -0.39 is 12.2 Å². The molecule has 0 aliphatic heterocycles. The molecule has 2 fully saturated rings. The Hall–Kier alpha value is -1.55. The van der Waals surface area contributed by atoms with E-state index in [0.717, 1.165) is 36.3 Å². The van der Waals surface area contributed by atoms with E-state index in [1.165, 1.54) is 19.3 Å². The van der Waals surface area contributed by atoms with Crippen LogP contribution >= 0.6 is 0 Å². The molecule has 0 saturated heterocycles. The number of aliphatic hydroxyl groups is 1. The lowest BCUT2D eigenvalue weighted by molar-refractivity contribution is -0.00584. The fourth-order valence-corrected chi connectivity index (χ4v) is 4.55. The fourth-order valence-electron chi connectivity index (χ4n) is 4.55. The van der Waals surface area contributed by atoms with E-state index in [1.807, 2.05) is 31.2 Å². The van der Waals surface area contributed by atoms with Gasteiger partial charge in [0.25, 0.3) is 0 Å². The van der Waals surface area contributed by atoms with Gasteiger partial charge in [0.1, 0.15) is 12.2 Å². The maximum Gasteiger partial charge on any atom is 0.407 e. The number of aryl methyl sites for hydroxylation is 1. The van der Waals surface area contributed by atoms with Crippen LogP contribution in [-0.2, 0) is 4.74 Å². The number of carbonyl (C=O) groups is 1.